The van der Waals surface area contributed by atoms with Gasteiger partial charge in [0, 0.05) is 43.7 Å². The van der Waals surface area contributed by atoms with Gasteiger partial charge in [0.1, 0.15) is 6.04 Å². The topological polar surface area (TPSA) is 60.9 Å². The Balaban J connectivity index is 1.19. The summed E-state index contributed by atoms with van der Waals surface area (Å²) in [4.78, 5) is 44.7. The van der Waals surface area contributed by atoms with Crippen molar-refractivity contribution < 1.29 is 14.4 Å². The Bertz CT molecular complexity index is 840. The predicted molar refractivity (Wildman–Crippen MR) is 113 cm³/mol. The average molecular weight is 410 g/mol. The number of piperidine rings is 1. The zero-order valence-corrected chi connectivity index (χ0v) is 17.6. The van der Waals surface area contributed by atoms with E-state index in [4.69, 9.17) is 0 Å². The molecule has 3 aliphatic heterocycles. The maximum atomic E-state index is 13.3. The Hall–Kier alpha value is -2.37. The molecule has 0 N–H and O–H groups in total. The third-order valence-corrected chi connectivity index (χ3v) is 7.59. The van der Waals surface area contributed by atoms with Crippen LogP contribution in [0.5, 0.6) is 0 Å². The maximum Gasteiger partial charge on any atom is 0.254 e. The Morgan fingerprint density at radius 2 is 1.57 bits per heavy atom. The van der Waals surface area contributed by atoms with E-state index in [1.807, 2.05) is 39.0 Å². The number of benzene rings is 1. The van der Waals surface area contributed by atoms with E-state index in [0.29, 0.717) is 19.6 Å². The molecular formula is C24H31N3O3. The van der Waals surface area contributed by atoms with E-state index in [0.717, 1.165) is 69.0 Å². The molecule has 1 saturated carbocycles. The fourth-order valence-electron chi connectivity index (χ4n) is 5.87. The third kappa shape index (κ3) is 3.40. The lowest BCUT2D eigenvalue weighted by molar-refractivity contribution is -0.146. The van der Waals surface area contributed by atoms with E-state index >= 15 is 0 Å². The van der Waals surface area contributed by atoms with Gasteiger partial charge in [0.2, 0.25) is 11.8 Å². The SMILES string of the molecule is O=C(C1CCCN1C(=O)C1CCCC1)N1CCC(N2Cc3ccccc3C2=O)CC1. The molecule has 0 spiro atoms. The van der Waals surface area contributed by atoms with Crippen molar-refractivity contribution in [2.45, 2.75) is 70.0 Å². The summed E-state index contributed by atoms with van der Waals surface area (Å²) in [5.74, 6) is 0.582. The maximum absolute atomic E-state index is 13.3. The van der Waals surface area contributed by atoms with Gasteiger partial charge < -0.3 is 14.7 Å². The molecule has 3 fully saturated rings. The molecule has 3 heterocycles. The van der Waals surface area contributed by atoms with Crippen LogP contribution < -0.4 is 0 Å². The lowest BCUT2D eigenvalue weighted by Crippen LogP contribution is -2.53. The summed E-state index contributed by atoms with van der Waals surface area (Å²) in [6, 6.07) is 7.76. The van der Waals surface area contributed by atoms with Gasteiger partial charge in [0.15, 0.2) is 0 Å². The van der Waals surface area contributed by atoms with E-state index in [1.165, 1.54) is 0 Å². The van der Waals surface area contributed by atoms with Gasteiger partial charge in [-0.05, 0) is 50.2 Å². The van der Waals surface area contributed by atoms with E-state index in [9.17, 15) is 14.4 Å². The highest BCUT2D eigenvalue weighted by Gasteiger charge is 2.41. The largest absolute Gasteiger partial charge is 0.341 e. The van der Waals surface area contributed by atoms with Gasteiger partial charge in [-0.2, -0.15) is 0 Å². The minimum atomic E-state index is -0.271. The van der Waals surface area contributed by atoms with Crippen molar-refractivity contribution in [1.29, 1.82) is 0 Å². The molecule has 1 unspecified atom stereocenters. The van der Waals surface area contributed by atoms with Crippen LogP contribution in [0.1, 0.15) is 67.3 Å². The lowest BCUT2D eigenvalue weighted by atomic mass is 10.0. The highest BCUT2D eigenvalue weighted by molar-refractivity contribution is 5.98. The number of carbonyl (C=O) groups is 3. The van der Waals surface area contributed by atoms with Gasteiger partial charge in [0.25, 0.3) is 5.91 Å². The van der Waals surface area contributed by atoms with Crippen LogP contribution >= 0.6 is 0 Å². The van der Waals surface area contributed by atoms with Crippen LogP contribution in [0.3, 0.4) is 0 Å². The number of likely N-dealkylation sites (tertiary alicyclic amines) is 2. The minimum absolute atomic E-state index is 0.119. The van der Waals surface area contributed by atoms with Gasteiger partial charge in [-0.3, -0.25) is 14.4 Å². The first-order valence-electron chi connectivity index (χ1n) is 11.6. The standard InChI is InChI=1S/C24H31N3O3/c28-22(17-6-1-2-7-17)26-13-5-10-21(26)24(30)25-14-11-19(12-15-25)27-16-18-8-3-4-9-20(18)23(27)29/h3-4,8-9,17,19,21H,1-2,5-7,10-16H2. The summed E-state index contributed by atoms with van der Waals surface area (Å²) in [5, 5.41) is 0. The highest BCUT2D eigenvalue weighted by atomic mass is 16.2. The van der Waals surface area contributed by atoms with Crippen molar-refractivity contribution in [3.63, 3.8) is 0 Å². The van der Waals surface area contributed by atoms with Crippen LogP contribution in [0.25, 0.3) is 0 Å². The first-order chi connectivity index (χ1) is 14.6. The molecule has 0 bridgehead atoms. The summed E-state index contributed by atoms with van der Waals surface area (Å²) in [6.45, 7) is 2.75. The van der Waals surface area contributed by atoms with Gasteiger partial charge in [-0.1, -0.05) is 31.0 Å². The van der Waals surface area contributed by atoms with Gasteiger partial charge in [0.05, 0.1) is 0 Å². The average Bonchev–Trinajstić information content (AvgIpc) is 3.54. The zero-order valence-electron chi connectivity index (χ0n) is 17.6. The number of rotatable bonds is 3. The zero-order chi connectivity index (χ0) is 20.7. The number of nitrogens with zero attached hydrogens (tertiary/aromatic N) is 3. The molecule has 2 saturated heterocycles. The third-order valence-electron chi connectivity index (χ3n) is 7.59. The van der Waals surface area contributed by atoms with Crippen LogP contribution in [-0.2, 0) is 16.1 Å². The second kappa shape index (κ2) is 8.05. The quantitative estimate of drug-likeness (QED) is 0.771. The Morgan fingerprint density at radius 3 is 2.30 bits per heavy atom. The van der Waals surface area contributed by atoms with Gasteiger partial charge in [-0.25, -0.2) is 0 Å². The first kappa shape index (κ1) is 19.6. The molecule has 3 amide bonds. The fourth-order valence-corrected chi connectivity index (χ4v) is 5.87. The van der Waals surface area contributed by atoms with Crippen LogP contribution in [0, 0.1) is 5.92 Å². The molecule has 1 aromatic carbocycles. The van der Waals surface area contributed by atoms with Crippen molar-refractivity contribution in [3.05, 3.63) is 35.4 Å². The predicted octanol–water partition coefficient (Wildman–Crippen LogP) is 2.81. The van der Waals surface area contributed by atoms with Crippen molar-refractivity contribution in [2.24, 2.45) is 5.92 Å². The first-order valence-corrected chi connectivity index (χ1v) is 11.6. The fraction of sp³-hybridized carbons (Fsp3) is 0.625. The molecule has 6 nitrogen and oxygen atoms in total. The Labute approximate surface area is 178 Å². The smallest absolute Gasteiger partial charge is 0.254 e. The Kier molecular flexibility index (Phi) is 5.25. The Morgan fingerprint density at radius 1 is 0.833 bits per heavy atom. The van der Waals surface area contributed by atoms with Gasteiger partial charge >= 0.3 is 0 Å². The van der Waals surface area contributed by atoms with Gasteiger partial charge in [-0.15, -0.1) is 0 Å². The van der Waals surface area contributed by atoms with Crippen LogP contribution in [0.2, 0.25) is 0 Å². The molecule has 1 aliphatic carbocycles. The summed E-state index contributed by atoms with van der Waals surface area (Å²) in [7, 11) is 0. The molecule has 1 atom stereocenters. The van der Waals surface area contributed by atoms with Crippen molar-refractivity contribution >= 4 is 17.7 Å². The highest BCUT2D eigenvalue weighted by Crippen LogP contribution is 2.32. The van der Waals surface area contributed by atoms with Crippen LogP contribution in [0.4, 0.5) is 0 Å². The molecule has 4 aliphatic rings. The number of hydrogen-bond donors (Lipinski definition) is 0. The van der Waals surface area contributed by atoms with E-state index in [2.05, 4.69) is 0 Å². The molecule has 5 rings (SSSR count). The minimum Gasteiger partial charge on any atom is -0.341 e. The molecule has 0 aromatic heterocycles. The molecule has 1 aromatic rings. The number of carbonyl (C=O) groups excluding carboxylic acids is 3. The molecule has 160 valence electrons. The number of amides is 3. The monoisotopic (exact) mass is 409 g/mol. The van der Waals surface area contributed by atoms with Crippen molar-refractivity contribution in [2.75, 3.05) is 19.6 Å². The van der Waals surface area contributed by atoms with Crippen LogP contribution in [-0.4, -0.2) is 64.1 Å². The van der Waals surface area contributed by atoms with E-state index < -0.39 is 0 Å². The second-order valence-corrected chi connectivity index (χ2v) is 9.32. The molecule has 6 heteroatoms. The van der Waals surface area contributed by atoms with E-state index in [1.54, 1.807) is 0 Å². The second-order valence-electron chi connectivity index (χ2n) is 9.32. The summed E-state index contributed by atoms with van der Waals surface area (Å²) >= 11 is 0. The van der Waals surface area contributed by atoms with Crippen molar-refractivity contribution in [1.82, 2.24) is 14.7 Å². The van der Waals surface area contributed by atoms with Crippen molar-refractivity contribution in [3.8, 4) is 0 Å². The molecule has 30 heavy (non-hydrogen) atoms. The lowest BCUT2D eigenvalue weighted by Gasteiger charge is -2.38. The molecular weight excluding hydrogens is 378 g/mol. The number of fused-ring (bicyclic) bond motifs is 1. The van der Waals surface area contributed by atoms with E-state index in [-0.39, 0.29) is 35.7 Å². The number of hydrogen-bond acceptors (Lipinski definition) is 3. The summed E-state index contributed by atoms with van der Waals surface area (Å²) < 4.78 is 0. The molecule has 0 radical (unpaired) electrons. The van der Waals surface area contributed by atoms with Crippen LogP contribution in [0.15, 0.2) is 24.3 Å². The summed E-state index contributed by atoms with van der Waals surface area (Å²) in [5.41, 5.74) is 1.93. The summed E-state index contributed by atoms with van der Waals surface area (Å²) in [6.07, 6.45) is 7.57. The normalized spacial score (nSPS) is 25.3.